The van der Waals surface area contributed by atoms with Crippen LogP contribution < -0.4 is 10.6 Å². The van der Waals surface area contributed by atoms with Gasteiger partial charge in [-0.3, -0.25) is 0 Å². The van der Waals surface area contributed by atoms with Gasteiger partial charge in [-0.05, 0) is 51.7 Å². The average Bonchev–Trinajstić information content (AvgIpc) is 2.38. The van der Waals surface area contributed by atoms with Gasteiger partial charge in [0.2, 0.25) is 0 Å². The van der Waals surface area contributed by atoms with E-state index in [4.69, 9.17) is 27.9 Å². The highest BCUT2D eigenvalue weighted by molar-refractivity contribution is 6.42. The first-order valence-corrected chi connectivity index (χ1v) is 8.61. The van der Waals surface area contributed by atoms with E-state index in [0.717, 1.165) is 24.8 Å². The quantitative estimate of drug-likeness (QED) is 0.812. The van der Waals surface area contributed by atoms with Crippen LogP contribution in [-0.4, -0.2) is 23.8 Å². The zero-order valence-corrected chi connectivity index (χ0v) is 15.4. The smallest absolute Gasteiger partial charge is 0.408 e. The molecule has 0 heterocycles. The van der Waals surface area contributed by atoms with Gasteiger partial charge in [0.15, 0.2) is 0 Å². The summed E-state index contributed by atoms with van der Waals surface area (Å²) in [5.74, 6) is 0. The number of carbonyl (C=O) groups excluding carboxylic acids is 1. The van der Waals surface area contributed by atoms with Crippen LogP contribution in [0.25, 0.3) is 0 Å². The SMILES string of the molecule is CC(C)(C)OC(=O)NC1(CNCc2cccc(Cl)c2Cl)CCC1. The molecule has 1 fully saturated rings. The largest absolute Gasteiger partial charge is 0.444 e. The number of amides is 1. The molecule has 0 aromatic heterocycles. The minimum atomic E-state index is -0.489. The maximum Gasteiger partial charge on any atom is 0.408 e. The van der Waals surface area contributed by atoms with Crippen molar-refractivity contribution in [2.24, 2.45) is 0 Å². The number of hydrogen-bond donors (Lipinski definition) is 2. The molecule has 23 heavy (non-hydrogen) atoms. The number of rotatable bonds is 5. The van der Waals surface area contributed by atoms with Crippen LogP contribution in [0.3, 0.4) is 0 Å². The van der Waals surface area contributed by atoms with Crippen molar-refractivity contribution in [2.75, 3.05) is 6.54 Å². The van der Waals surface area contributed by atoms with Crippen molar-refractivity contribution < 1.29 is 9.53 Å². The molecule has 4 nitrogen and oxygen atoms in total. The second kappa shape index (κ2) is 7.29. The van der Waals surface area contributed by atoms with Gasteiger partial charge in [-0.1, -0.05) is 35.3 Å². The van der Waals surface area contributed by atoms with Crippen molar-refractivity contribution in [2.45, 2.75) is 57.7 Å². The van der Waals surface area contributed by atoms with Gasteiger partial charge >= 0.3 is 6.09 Å². The molecule has 0 bridgehead atoms. The van der Waals surface area contributed by atoms with E-state index in [9.17, 15) is 4.79 Å². The Hall–Kier alpha value is -0.970. The van der Waals surface area contributed by atoms with Crippen LogP contribution in [0.2, 0.25) is 10.0 Å². The topological polar surface area (TPSA) is 50.4 Å². The molecule has 1 amide bonds. The van der Waals surface area contributed by atoms with E-state index in [1.807, 2.05) is 32.9 Å². The minimum Gasteiger partial charge on any atom is -0.444 e. The number of halogens is 2. The third-order valence-corrected chi connectivity index (χ3v) is 4.75. The number of benzene rings is 1. The summed E-state index contributed by atoms with van der Waals surface area (Å²) in [6.07, 6.45) is 2.64. The molecule has 1 aliphatic carbocycles. The summed E-state index contributed by atoms with van der Waals surface area (Å²) >= 11 is 12.2. The average molecular weight is 359 g/mol. The van der Waals surface area contributed by atoms with Crippen molar-refractivity contribution in [1.29, 1.82) is 0 Å². The predicted molar refractivity (Wildman–Crippen MR) is 94.1 cm³/mol. The molecular formula is C17H24Cl2N2O2. The fraction of sp³-hybridized carbons (Fsp3) is 0.588. The molecule has 6 heteroatoms. The molecule has 1 saturated carbocycles. The van der Waals surface area contributed by atoms with Crippen molar-refractivity contribution in [3.05, 3.63) is 33.8 Å². The van der Waals surface area contributed by atoms with Gasteiger partial charge in [-0.2, -0.15) is 0 Å². The lowest BCUT2D eigenvalue weighted by Gasteiger charge is -2.42. The van der Waals surface area contributed by atoms with Crippen LogP contribution in [-0.2, 0) is 11.3 Å². The Kier molecular flexibility index (Phi) is 5.82. The summed E-state index contributed by atoms with van der Waals surface area (Å²) in [4.78, 5) is 12.0. The lowest BCUT2D eigenvalue weighted by molar-refractivity contribution is 0.0382. The van der Waals surface area contributed by atoms with E-state index in [1.165, 1.54) is 0 Å². The van der Waals surface area contributed by atoms with Crippen LogP contribution in [0.1, 0.15) is 45.6 Å². The Morgan fingerprint density at radius 2 is 2.00 bits per heavy atom. The van der Waals surface area contributed by atoms with Gasteiger partial charge in [0.05, 0.1) is 15.6 Å². The Labute approximate surface area is 147 Å². The van der Waals surface area contributed by atoms with Crippen molar-refractivity contribution >= 4 is 29.3 Å². The van der Waals surface area contributed by atoms with Gasteiger partial charge in [0, 0.05) is 13.1 Å². The lowest BCUT2D eigenvalue weighted by atomic mass is 9.76. The van der Waals surface area contributed by atoms with Crippen LogP contribution in [0, 0.1) is 0 Å². The van der Waals surface area contributed by atoms with Crippen molar-refractivity contribution in [1.82, 2.24) is 10.6 Å². The van der Waals surface area contributed by atoms with E-state index < -0.39 is 5.60 Å². The van der Waals surface area contributed by atoms with Gasteiger partial charge in [-0.15, -0.1) is 0 Å². The molecule has 128 valence electrons. The number of nitrogens with one attached hydrogen (secondary N) is 2. The van der Waals surface area contributed by atoms with Gasteiger partial charge in [-0.25, -0.2) is 4.79 Å². The molecule has 0 saturated heterocycles. The second-order valence-corrected chi connectivity index (χ2v) is 7.86. The molecule has 0 spiro atoms. The Bertz CT molecular complexity index is 566. The fourth-order valence-electron chi connectivity index (χ4n) is 2.59. The predicted octanol–water partition coefficient (Wildman–Crippen LogP) is 4.53. The number of carbonyl (C=O) groups is 1. The van der Waals surface area contributed by atoms with E-state index >= 15 is 0 Å². The summed E-state index contributed by atoms with van der Waals surface area (Å²) in [6.45, 7) is 6.87. The zero-order valence-electron chi connectivity index (χ0n) is 13.8. The maximum atomic E-state index is 12.0. The molecule has 1 aliphatic rings. The molecule has 1 aromatic carbocycles. The molecule has 2 N–H and O–H groups in total. The fourth-order valence-corrected chi connectivity index (χ4v) is 2.98. The molecular weight excluding hydrogens is 335 g/mol. The number of hydrogen-bond acceptors (Lipinski definition) is 3. The molecule has 0 radical (unpaired) electrons. The third-order valence-electron chi connectivity index (χ3n) is 3.89. The first kappa shape index (κ1) is 18.4. The normalized spacial score (nSPS) is 16.6. The highest BCUT2D eigenvalue weighted by Gasteiger charge is 2.39. The summed E-state index contributed by atoms with van der Waals surface area (Å²) < 4.78 is 5.35. The lowest BCUT2D eigenvalue weighted by Crippen LogP contribution is -2.59. The van der Waals surface area contributed by atoms with E-state index in [-0.39, 0.29) is 11.6 Å². The second-order valence-electron chi connectivity index (χ2n) is 7.08. The first-order chi connectivity index (χ1) is 10.7. The highest BCUT2D eigenvalue weighted by Crippen LogP contribution is 2.32. The Morgan fingerprint density at radius 1 is 1.30 bits per heavy atom. The molecule has 0 unspecified atom stereocenters. The summed E-state index contributed by atoms with van der Waals surface area (Å²) in [5, 5.41) is 7.51. The zero-order chi connectivity index (χ0) is 17.1. The monoisotopic (exact) mass is 358 g/mol. The van der Waals surface area contributed by atoms with Crippen molar-refractivity contribution in [3.8, 4) is 0 Å². The summed E-state index contributed by atoms with van der Waals surface area (Å²) in [7, 11) is 0. The van der Waals surface area contributed by atoms with Gasteiger partial charge < -0.3 is 15.4 Å². The van der Waals surface area contributed by atoms with Gasteiger partial charge in [0.25, 0.3) is 0 Å². The highest BCUT2D eigenvalue weighted by atomic mass is 35.5. The standard InChI is InChI=1S/C17H24Cl2N2O2/c1-16(2,3)23-15(22)21-17(8-5-9-17)11-20-10-12-6-4-7-13(18)14(12)19/h4,6-7,20H,5,8-11H2,1-3H3,(H,21,22). The maximum absolute atomic E-state index is 12.0. The van der Waals surface area contributed by atoms with Crippen molar-refractivity contribution in [3.63, 3.8) is 0 Å². The van der Waals surface area contributed by atoms with Crippen LogP contribution >= 0.6 is 23.2 Å². The van der Waals surface area contributed by atoms with Gasteiger partial charge in [0.1, 0.15) is 5.60 Å². The van der Waals surface area contributed by atoms with E-state index in [2.05, 4.69) is 10.6 Å². The summed E-state index contributed by atoms with van der Waals surface area (Å²) in [5.41, 5.74) is 0.232. The van der Waals surface area contributed by atoms with E-state index in [1.54, 1.807) is 6.07 Å². The molecule has 1 aromatic rings. The van der Waals surface area contributed by atoms with Crippen LogP contribution in [0.15, 0.2) is 18.2 Å². The molecule has 2 rings (SSSR count). The molecule has 0 aliphatic heterocycles. The third kappa shape index (κ3) is 5.27. The Morgan fingerprint density at radius 3 is 2.57 bits per heavy atom. The number of ether oxygens (including phenoxy) is 1. The number of alkyl carbamates (subject to hydrolysis) is 1. The minimum absolute atomic E-state index is 0.229. The first-order valence-electron chi connectivity index (χ1n) is 7.86. The Balaban J connectivity index is 1.87. The van der Waals surface area contributed by atoms with Crippen LogP contribution in [0.5, 0.6) is 0 Å². The summed E-state index contributed by atoms with van der Waals surface area (Å²) in [6, 6.07) is 5.59. The molecule has 0 atom stereocenters. The van der Waals surface area contributed by atoms with Crippen LogP contribution in [0.4, 0.5) is 4.79 Å². The van der Waals surface area contributed by atoms with E-state index in [0.29, 0.717) is 23.1 Å².